The zero-order valence-electron chi connectivity index (χ0n) is 9.29. The van der Waals surface area contributed by atoms with E-state index in [1.54, 1.807) is 24.3 Å². The Kier molecular flexibility index (Phi) is 3.69. The second-order valence-corrected chi connectivity index (χ2v) is 4.03. The molecular weight excluding hydrogens is 256 g/mol. The maximum Gasteiger partial charge on any atom is 0.319 e. The summed E-state index contributed by atoms with van der Waals surface area (Å²) in [5.74, 6) is 0. The molecular formula is C11H11ClN4O2. The number of aromatic amines is 2. The van der Waals surface area contributed by atoms with Crippen LogP contribution in [0.25, 0.3) is 0 Å². The van der Waals surface area contributed by atoms with E-state index in [9.17, 15) is 9.59 Å². The fourth-order valence-electron chi connectivity index (χ4n) is 1.35. The molecule has 7 heteroatoms. The van der Waals surface area contributed by atoms with E-state index in [2.05, 4.69) is 20.8 Å². The van der Waals surface area contributed by atoms with Crippen LogP contribution in [0.4, 0.5) is 10.5 Å². The van der Waals surface area contributed by atoms with Crippen LogP contribution < -0.4 is 16.2 Å². The van der Waals surface area contributed by atoms with Gasteiger partial charge in [0.2, 0.25) is 0 Å². The molecule has 0 aliphatic heterocycles. The number of halogens is 1. The Bertz CT molecular complexity index is 588. The largest absolute Gasteiger partial charge is 0.332 e. The van der Waals surface area contributed by atoms with E-state index in [1.807, 2.05) is 0 Å². The summed E-state index contributed by atoms with van der Waals surface area (Å²) in [4.78, 5) is 22.4. The number of urea groups is 1. The van der Waals surface area contributed by atoms with Crippen molar-refractivity contribution in [3.05, 3.63) is 51.4 Å². The SMILES string of the molecule is O=C(NCc1cc(=O)[nH][nH]1)Nc1ccc(Cl)cc1. The van der Waals surface area contributed by atoms with Gasteiger partial charge >= 0.3 is 6.03 Å². The molecule has 0 saturated carbocycles. The zero-order chi connectivity index (χ0) is 13.0. The van der Waals surface area contributed by atoms with Crippen LogP contribution in [0.2, 0.25) is 5.02 Å². The number of carbonyl (C=O) groups is 1. The number of amides is 2. The second-order valence-electron chi connectivity index (χ2n) is 3.60. The van der Waals surface area contributed by atoms with Gasteiger partial charge in [0, 0.05) is 16.8 Å². The van der Waals surface area contributed by atoms with E-state index in [1.165, 1.54) is 6.07 Å². The molecule has 0 aliphatic rings. The standard InChI is InChI=1S/C11H11ClN4O2/c12-7-1-3-8(4-2-7)14-11(18)13-6-9-5-10(17)16-15-9/h1-5H,6H2,(H2,13,14,18)(H2,15,16,17). The van der Waals surface area contributed by atoms with Crippen molar-refractivity contribution in [1.29, 1.82) is 0 Å². The molecule has 2 rings (SSSR count). The first-order valence-electron chi connectivity index (χ1n) is 5.20. The molecule has 4 N–H and O–H groups in total. The van der Waals surface area contributed by atoms with Gasteiger partial charge in [-0.05, 0) is 24.3 Å². The molecule has 0 aliphatic carbocycles. The average molecular weight is 267 g/mol. The molecule has 1 aromatic heterocycles. The predicted octanol–water partition coefficient (Wildman–Crippen LogP) is 1.68. The summed E-state index contributed by atoms with van der Waals surface area (Å²) in [5, 5.41) is 10.9. The van der Waals surface area contributed by atoms with Crippen LogP contribution in [-0.4, -0.2) is 16.2 Å². The second kappa shape index (κ2) is 5.42. The molecule has 0 unspecified atom stereocenters. The Labute approximate surface area is 107 Å². The highest BCUT2D eigenvalue weighted by Gasteiger charge is 2.02. The first-order valence-corrected chi connectivity index (χ1v) is 5.58. The van der Waals surface area contributed by atoms with Gasteiger partial charge in [0.25, 0.3) is 5.56 Å². The van der Waals surface area contributed by atoms with Gasteiger partial charge in [0.1, 0.15) is 0 Å². The molecule has 0 bridgehead atoms. The highest BCUT2D eigenvalue weighted by Crippen LogP contribution is 2.12. The lowest BCUT2D eigenvalue weighted by molar-refractivity contribution is 0.251. The molecule has 1 heterocycles. The highest BCUT2D eigenvalue weighted by molar-refractivity contribution is 6.30. The van der Waals surface area contributed by atoms with E-state index in [0.29, 0.717) is 16.4 Å². The van der Waals surface area contributed by atoms with Crippen molar-refractivity contribution in [2.45, 2.75) is 6.54 Å². The number of hydrogen-bond acceptors (Lipinski definition) is 2. The number of H-pyrrole nitrogens is 2. The molecule has 0 fully saturated rings. The minimum atomic E-state index is -0.362. The number of aromatic nitrogens is 2. The zero-order valence-corrected chi connectivity index (χ0v) is 10.0. The summed E-state index contributed by atoms with van der Waals surface area (Å²) < 4.78 is 0. The minimum Gasteiger partial charge on any atom is -0.332 e. The predicted molar refractivity (Wildman–Crippen MR) is 68.7 cm³/mol. The highest BCUT2D eigenvalue weighted by atomic mass is 35.5. The molecule has 2 aromatic rings. The van der Waals surface area contributed by atoms with Crippen LogP contribution in [0, 0.1) is 0 Å². The van der Waals surface area contributed by atoms with Crippen molar-refractivity contribution in [3.8, 4) is 0 Å². The smallest absolute Gasteiger partial charge is 0.319 e. The fourth-order valence-corrected chi connectivity index (χ4v) is 1.48. The van der Waals surface area contributed by atoms with E-state index in [4.69, 9.17) is 11.6 Å². The van der Waals surface area contributed by atoms with Gasteiger partial charge in [-0.25, -0.2) is 4.79 Å². The van der Waals surface area contributed by atoms with E-state index in [-0.39, 0.29) is 18.1 Å². The number of anilines is 1. The molecule has 0 atom stereocenters. The lowest BCUT2D eigenvalue weighted by atomic mass is 10.3. The van der Waals surface area contributed by atoms with Crippen LogP contribution in [0.15, 0.2) is 35.1 Å². The lowest BCUT2D eigenvalue weighted by Gasteiger charge is -2.06. The number of hydrogen-bond donors (Lipinski definition) is 4. The van der Waals surface area contributed by atoms with Gasteiger partial charge < -0.3 is 15.7 Å². The third-order valence-corrected chi connectivity index (χ3v) is 2.45. The minimum absolute atomic E-state index is 0.232. The topological polar surface area (TPSA) is 89.8 Å². The third kappa shape index (κ3) is 3.39. The summed E-state index contributed by atoms with van der Waals surface area (Å²) in [7, 11) is 0. The van der Waals surface area contributed by atoms with Gasteiger partial charge in [-0.2, -0.15) is 0 Å². The third-order valence-electron chi connectivity index (χ3n) is 2.19. The van der Waals surface area contributed by atoms with Gasteiger partial charge in [0.15, 0.2) is 0 Å². The van der Waals surface area contributed by atoms with E-state index >= 15 is 0 Å². The van der Waals surface area contributed by atoms with Crippen LogP contribution in [0.3, 0.4) is 0 Å². The van der Waals surface area contributed by atoms with Gasteiger partial charge in [-0.3, -0.25) is 9.89 Å². The van der Waals surface area contributed by atoms with Gasteiger partial charge in [-0.15, -0.1) is 0 Å². The molecule has 18 heavy (non-hydrogen) atoms. The first-order chi connectivity index (χ1) is 8.63. The summed E-state index contributed by atoms with van der Waals surface area (Å²) in [6.07, 6.45) is 0. The van der Waals surface area contributed by atoms with Crippen molar-refractivity contribution in [1.82, 2.24) is 15.5 Å². The van der Waals surface area contributed by atoms with Crippen molar-refractivity contribution in [2.24, 2.45) is 0 Å². The summed E-state index contributed by atoms with van der Waals surface area (Å²) in [6, 6.07) is 7.77. The number of carbonyl (C=O) groups excluding carboxylic acids is 1. The normalized spacial score (nSPS) is 10.1. The Balaban J connectivity index is 1.85. The Hall–Kier alpha value is -2.21. The van der Waals surface area contributed by atoms with Gasteiger partial charge in [-0.1, -0.05) is 11.6 Å². The van der Waals surface area contributed by atoms with Crippen LogP contribution in [0.1, 0.15) is 5.69 Å². The Morgan fingerprint density at radius 1 is 1.22 bits per heavy atom. The van der Waals surface area contributed by atoms with Crippen LogP contribution in [-0.2, 0) is 6.54 Å². The molecule has 94 valence electrons. The molecule has 0 saturated heterocycles. The summed E-state index contributed by atoms with van der Waals surface area (Å²) in [5.41, 5.74) is 1.01. The molecule has 6 nitrogen and oxygen atoms in total. The monoisotopic (exact) mass is 266 g/mol. The van der Waals surface area contributed by atoms with Crippen molar-refractivity contribution in [3.63, 3.8) is 0 Å². The molecule has 2 amide bonds. The summed E-state index contributed by atoms with van der Waals surface area (Å²) >= 11 is 5.73. The van der Waals surface area contributed by atoms with E-state index in [0.717, 1.165) is 0 Å². The van der Waals surface area contributed by atoms with E-state index < -0.39 is 0 Å². The van der Waals surface area contributed by atoms with Crippen LogP contribution in [0.5, 0.6) is 0 Å². The maximum atomic E-state index is 11.5. The summed E-state index contributed by atoms with van der Waals surface area (Å²) in [6.45, 7) is 0.234. The number of nitrogens with one attached hydrogen (secondary N) is 4. The number of benzene rings is 1. The fraction of sp³-hybridized carbons (Fsp3) is 0.0909. The molecule has 0 spiro atoms. The number of rotatable bonds is 3. The molecule has 0 radical (unpaired) electrons. The average Bonchev–Trinajstić information content (AvgIpc) is 2.76. The quantitative estimate of drug-likeness (QED) is 0.681. The molecule has 1 aromatic carbocycles. The maximum absolute atomic E-state index is 11.5. The van der Waals surface area contributed by atoms with Crippen molar-refractivity contribution < 1.29 is 4.79 Å². The Morgan fingerprint density at radius 3 is 2.56 bits per heavy atom. The van der Waals surface area contributed by atoms with Crippen molar-refractivity contribution >= 4 is 23.3 Å². The Morgan fingerprint density at radius 2 is 1.94 bits per heavy atom. The van der Waals surface area contributed by atoms with Crippen LogP contribution >= 0.6 is 11.6 Å². The van der Waals surface area contributed by atoms with Gasteiger partial charge in [0.05, 0.1) is 12.2 Å². The lowest BCUT2D eigenvalue weighted by Crippen LogP contribution is -2.28. The van der Waals surface area contributed by atoms with Crippen molar-refractivity contribution in [2.75, 3.05) is 5.32 Å². The first kappa shape index (κ1) is 12.3.